The first-order valence-corrected chi connectivity index (χ1v) is 5.16. The number of phenolic OH excluding ortho intramolecular Hbond substituents is 1. The zero-order valence-electron chi connectivity index (χ0n) is 9.21. The van der Waals surface area contributed by atoms with Crippen molar-refractivity contribution in [3.63, 3.8) is 0 Å². The molecule has 0 bridgehead atoms. The van der Waals surface area contributed by atoms with Gasteiger partial charge in [-0.15, -0.1) is 0 Å². The van der Waals surface area contributed by atoms with Crippen molar-refractivity contribution < 1.29 is 9.63 Å². The summed E-state index contributed by atoms with van der Waals surface area (Å²) in [7, 11) is 1.91. The van der Waals surface area contributed by atoms with Gasteiger partial charge in [0, 0.05) is 24.9 Å². The van der Waals surface area contributed by atoms with Crippen LogP contribution in [0.2, 0.25) is 0 Å². The van der Waals surface area contributed by atoms with Gasteiger partial charge in [-0.25, -0.2) is 0 Å². The van der Waals surface area contributed by atoms with Gasteiger partial charge in [-0.3, -0.25) is 0 Å². The molecule has 17 heavy (non-hydrogen) atoms. The molecule has 3 N–H and O–H groups in total. The topological polar surface area (TPSA) is 77.2 Å². The van der Waals surface area contributed by atoms with Crippen LogP contribution in [-0.4, -0.2) is 14.8 Å². The zero-order chi connectivity index (χ0) is 12.0. The molecular weight excluding hydrogens is 218 g/mol. The Morgan fingerprint density at radius 2 is 2.24 bits per heavy atom. The van der Waals surface area contributed by atoms with Gasteiger partial charge in [0.1, 0.15) is 5.75 Å². The summed E-state index contributed by atoms with van der Waals surface area (Å²) in [4.78, 5) is 0. The quantitative estimate of drug-likeness (QED) is 0.670. The molecule has 2 aromatic heterocycles. The Kier molecular flexibility index (Phi) is 1.89. The van der Waals surface area contributed by atoms with Gasteiger partial charge in [0.05, 0.1) is 10.9 Å². The smallest absolute Gasteiger partial charge is 0.171 e. The Bertz CT molecular complexity index is 697. The fourth-order valence-corrected chi connectivity index (χ4v) is 2.03. The molecule has 5 heteroatoms. The van der Waals surface area contributed by atoms with Crippen LogP contribution in [0, 0.1) is 0 Å². The van der Waals surface area contributed by atoms with Crippen LogP contribution in [0.25, 0.3) is 22.2 Å². The first-order valence-electron chi connectivity index (χ1n) is 5.16. The lowest BCUT2D eigenvalue weighted by Crippen LogP contribution is -1.82. The van der Waals surface area contributed by atoms with Crippen LogP contribution in [0.1, 0.15) is 0 Å². The molecule has 1 aromatic carbocycles. The van der Waals surface area contributed by atoms with Gasteiger partial charge in [-0.2, -0.15) is 0 Å². The fraction of sp³-hybridized carbons (Fsp3) is 0.0833. The third-order valence-electron chi connectivity index (χ3n) is 2.79. The molecule has 0 radical (unpaired) electrons. The summed E-state index contributed by atoms with van der Waals surface area (Å²) in [5.74, 6) is 1.09. The number of aryl methyl sites for hydroxylation is 1. The minimum Gasteiger partial charge on any atom is -0.507 e. The SMILES string of the molecule is Cn1cc(-c2cc(N)no2)c2c(O)cccc21. The minimum absolute atomic E-state index is 0.216. The number of hydrogen-bond donors (Lipinski definition) is 2. The second-order valence-electron chi connectivity index (χ2n) is 3.94. The Labute approximate surface area is 97.1 Å². The van der Waals surface area contributed by atoms with E-state index in [-0.39, 0.29) is 5.75 Å². The molecule has 5 nitrogen and oxygen atoms in total. The van der Waals surface area contributed by atoms with Crippen molar-refractivity contribution in [1.29, 1.82) is 0 Å². The van der Waals surface area contributed by atoms with Crippen molar-refractivity contribution in [2.24, 2.45) is 7.05 Å². The van der Waals surface area contributed by atoms with E-state index in [1.54, 1.807) is 18.2 Å². The predicted molar refractivity (Wildman–Crippen MR) is 64.5 cm³/mol. The van der Waals surface area contributed by atoms with Crippen molar-refractivity contribution in [2.75, 3.05) is 5.73 Å². The van der Waals surface area contributed by atoms with Crippen molar-refractivity contribution in [3.8, 4) is 17.1 Å². The largest absolute Gasteiger partial charge is 0.507 e. The van der Waals surface area contributed by atoms with E-state index < -0.39 is 0 Å². The Hall–Kier alpha value is -2.43. The molecule has 0 aliphatic heterocycles. The van der Waals surface area contributed by atoms with Crippen molar-refractivity contribution >= 4 is 16.7 Å². The number of aromatic nitrogens is 2. The number of benzene rings is 1. The van der Waals surface area contributed by atoms with E-state index in [4.69, 9.17) is 10.3 Å². The lowest BCUT2D eigenvalue weighted by molar-refractivity contribution is 0.435. The molecule has 0 aliphatic rings. The summed E-state index contributed by atoms with van der Waals surface area (Å²) < 4.78 is 7.05. The molecule has 86 valence electrons. The van der Waals surface area contributed by atoms with E-state index >= 15 is 0 Å². The van der Waals surface area contributed by atoms with E-state index in [9.17, 15) is 5.11 Å². The molecule has 0 saturated carbocycles. The van der Waals surface area contributed by atoms with E-state index in [1.165, 1.54) is 0 Å². The number of nitrogens with zero attached hydrogens (tertiary/aromatic N) is 2. The second-order valence-corrected chi connectivity index (χ2v) is 3.94. The molecule has 0 amide bonds. The number of phenols is 1. The summed E-state index contributed by atoms with van der Waals surface area (Å²) in [5.41, 5.74) is 7.24. The molecule has 3 rings (SSSR count). The van der Waals surface area contributed by atoms with Crippen LogP contribution in [-0.2, 0) is 7.05 Å². The van der Waals surface area contributed by atoms with Crippen molar-refractivity contribution in [3.05, 3.63) is 30.5 Å². The highest BCUT2D eigenvalue weighted by molar-refractivity contribution is 5.99. The van der Waals surface area contributed by atoms with Crippen LogP contribution in [0.5, 0.6) is 5.75 Å². The lowest BCUT2D eigenvalue weighted by Gasteiger charge is -1.97. The van der Waals surface area contributed by atoms with Crippen molar-refractivity contribution in [2.45, 2.75) is 0 Å². The third kappa shape index (κ3) is 1.36. The average Bonchev–Trinajstić information content (AvgIpc) is 2.85. The molecule has 0 fully saturated rings. The highest BCUT2D eigenvalue weighted by atomic mass is 16.5. The van der Waals surface area contributed by atoms with Crippen LogP contribution in [0.4, 0.5) is 5.82 Å². The van der Waals surface area contributed by atoms with Gasteiger partial charge in [-0.1, -0.05) is 11.2 Å². The van der Waals surface area contributed by atoms with Crippen LogP contribution in [0.15, 0.2) is 35.0 Å². The van der Waals surface area contributed by atoms with Crippen molar-refractivity contribution in [1.82, 2.24) is 9.72 Å². The van der Waals surface area contributed by atoms with Gasteiger partial charge in [0.25, 0.3) is 0 Å². The maximum absolute atomic E-state index is 9.93. The van der Waals surface area contributed by atoms with Crippen LogP contribution >= 0.6 is 0 Å². The molecule has 0 saturated heterocycles. The third-order valence-corrected chi connectivity index (χ3v) is 2.79. The van der Waals surface area contributed by atoms with E-state index in [0.717, 1.165) is 16.5 Å². The average molecular weight is 229 g/mol. The number of nitrogens with two attached hydrogens (primary N) is 1. The van der Waals surface area contributed by atoms with E-state index in [1.807, 2.05) is 23.9 Å². The van der Waals surface area contributed by atoms with Crippen LogP contribution in [0.3, 0.4) is 0 Å². The van der Waals surface area contributed by atoms with Gasteiger partial charge in [0.2, 0.25) is 0 Å². The van der Waals surface area contributed by atoms with E-state index in [0.29, 0.717) is 11.6 Å². The number of nitrogen functional groups attached to an aromatic ring is 1. The molecule has 0 aliphatic carbocycles. The predicted octanol–water partition coefficient (Wildman–Crippen LogP) is 2.12. The molecule has 2 heterocycles. The Morgan fingerprint density at radius 3 is 2.94 bits per heavy atom. The van der Waals surface area contributed by atoms with Crippen LogP contribution < -0.4 is 5.73 Å². The van der Waals surface area contributed by atoms with Gasteiger partial charge >= 0.3 is 0 Å². The monoisotopic (exact) mass is 229 g/mol. The molecule has 0 spiro atoms. The highest BCUT2D eigenvalue weighted by Gasteiger charge is 2.15. The maximum Gasteiger partial charge on any atom is 0.171 e. The summed E-state index contributed by atoms with van der Waals surface area (Å²) in [5, 5.41) is 14.3. The Morgan fingerprint density at radius 1 is 1.41 bits per heavy atom. The number of hydrogen-bond acceptors (Lipinski definition) is 4. The Balaban J connectivity index is 2.37. The number of anilines is 1. The summed E-state index contributed by atoms with van der Waals surface area (Å²) in [6.45, 7) is 0. The lowest BCUT2D eigenvalue weighted by atomic mass is 10.1. The normalized spacial score (nSPS) is 11.1. The minimum atomic E-state index is 0.216. The second kappa shape index (κ2) is 3.28. The fourth-order valence-electron chi connectivity index (χ4n) is 2.03. The van der Waals surface area contributed by atoms with Gasteiger partial charge in [0.15, 0.2) is 11.6 Å². The first-order chi connectivity index (χ1) is 8.16. The number of rotatable bonds is 1. The number of aromatic hydroxyl groups is 1. The molecule has 3 aromatic rings. The van der Waals surface area contributed by atoms with Gasteiger partial charge < -0.3 is 19.9 Å². The molecular formula is C12H11N3O2. The zero-order valence-corrected chi connectivity index (χ0v) is 9.21. The maximum atomic E-state index is 9.93. The standard InChI is InChI=1S/C12H11N3O2/c1-15-6-7(10-5-11(13)14-17-10)12-8(15)3-2-4-9(12)16/h2-6,16H,1H3,(H2,13,14). The number of fused-ring (bicyclic) bond motifs is 1. The highest BCUT2D eigenvalue weighted by Crippen LogP contribution is 2.36. The van der Waals surface area contributed by atoms with Gasteiger partial charge in [-0.05, 0) is 12.1 Å². The summed E-state index contributed by atoms with van der Waals surface area (Å²) in [6, 6.07) is 7.02. The van der Waals surface area contributed by atoms with E-state index in [2.05, 4.69) is 5.16 Å². The first kappa shape index (κ1) is 9.77. The molecule has 0 unspecified atom stereocenters. The summed E-state index contributed by atoms with van der Waals surface area (Å²) >= 11 is 0. The summed E-state index contributed by atoms with van der Waals surface area (Å²) in [6.07, 6.45) is 1.88. The molecule has 0 atom stereocenters.